The Morgan fingerprint density at radius 2 is 1.95 bits per heavy atom. The molecular formula is C17H19ClN2O. The van der Waals surface area contributed by atoms with Crippen molar-refractivity contribution >= 4 is 23.2 Å². The van der Waals surface area contributed by atoms with Crippen molar-refractivity contribution in [2.75, 3.05) is 12.4 Å². The molecule has 0 heterocycles. The molecule has 0 saturated carbocycles. The first-order chi connectivity index (χ1) is 10.0. The van der Waals surface area contributed by atoms with E-state index in [1.54, 1.807) is 0 Å². The van der Waals surface area contributed by atoms with Gasteiger partial charge in [0.25, 0.3) is 5.91 Å². The molecule has 0 bridgehead atoms. The average molecular weight is 303 g/mol. The van der Waals surface area contributed by atoms with Crippen molar-refractivity contribution in [2.24, 2.45) is 0 Å². The van der Waals surface area contributed by atoms with Crippen LogP contribution in [0.1, 0.15) is 34.5 Å². The van der Waals surface area contributed by atoms with Gasteiger partial charge in [0.05, 0.1) is 11.6 Å². The molecule has 3 nitrogen and oxygen atoms in total. The number of rotatable bonds is 4. The highest BCUT2D eigenvalue weighted by Crippen LogP contribution is 2.20. The Bertz CT molecular complexity index is 655. The summed E-state index contributed by atoms with van der Waals surface area (Å²) in [7, 11) is 1.81. The van der Waals surface area contributed by atoms with Gasteiger partial charge in [-0.05, 0) is 49.2 Å². The van der Waals surface area contributed by atoms with E-state index in [0.717, 1.165) is 16.8 Å². The number of benzene rings is 2. The molecule has 2 aromatic rings. The second kappa shape index (κ2) is 6.64. The molecule has 2 aromatic carbocycles. The number of hydrogen-bond donors (Lipinski definition) is 2. The first-order valence-electron chi connectivity index (χ1n) is 6.86. The monoisotopic (exact) mass is 302 g/mol. The second-order valence-electron chi connectivity index (χ2n) is 5.05. The Hall–Kier alpha value is -2.00. The molecule has 21 heavy (non-hydrogen) atoms. The third-order valence-corrected chi connectivity index (χ3v) is 3.62. The van der Waals surface area contributed by atoms with E-state index in [4.69, 9.17) is 11.6 Å². The van der Waals surface area contributed by atoms with Gasteiger partial charge in [-0.1, -0.05) is 29.8 Å². The van der Waals surface area contributed by atoms with Crippen LogP contribution in [-0.4, -0.2) is 13.0 Å². The number of halogens is 1. The van der Waals surface area contributed by atoms with Crippen LogP contribution >= 0.6 is 11.6 Å². The van der Waals surface area contributed by atoms with Crippen molar-refractivity contribution in [1.82, 2.24) is 5.32 Å². The summed E-state index contributed by atoms with van der Waals surface area (Å²) in [6.07, 6.45) is 0. The first-order valence-corrected chi connectivity index (χ1v) is 7.24. The Kier molecular flexibility index (Phi) is 4.86. The lowest BCUT2D eigenvalue weighted by atomic mass is 10.1. The molecular weight excluding hydrogens is 284 g/mol. The summed E-state index contributed by atoms with van der Waals surface area (Å²) in [5.41, 5.74) is 3.55. The molecule has 0 radical (unpaired) electrons. The minimum atomic E-state index is -0.109. The molecule has 0 aromatic heterocycles. The van der Waals surface area contributed by atoms with E-state index in [1.807, 2.05) is 63.4 Å². The molecule has 1 amide bonds. The molecule has 2 rings (SSSR count). The highest BCUT2D eigenvalue weighted by atomic mass is 35.5. The van der Waals surface area contributed by atoms with Gasteiger partial charge in [0.15, 0.2) is 0 Å². The topological polar surface area (TPSA) is 41.1 Å². The summed E-state index contributed by atoms with van der Waals surface area (Å²) >= 11 is 5.98. The largest absolute Gasteiger partial charge is 0.387 e. The third-order valence-electron chi connectivity index (χ3n) is 3.39. The number of anilines is 1. The fourth-order valence-corrected chi connectivity index (χ4v) is 2.40. The summed E-state index contributed by atoms with van der Waals surface area (Å²) < 4.78 is 0. The maximum Gasteiger partial charge on any atom is 0.253 e. The number of hydrogen-bond acceptors (Lipinski definition) is 2. The summed E-state index contributed by atoms with van der Waals surface area (Å²) in [6.45, 7) is 3.94. The van der Waals surface area contributed by atoms with Crippen LogP contribution in [0.2, 0.25) is 5.02 Å². The Morgan fingerprint density at radius 3 is 2.62 bits per heavy atom. The molecule has 0 saturated heterocycles. The molecule has 4 heteroatoms. The second-order valence-corrected chi connectivity index (χ2v) is 5.49. The van der Waals surface area contributed by atoms with E-state index in [2.05, 4.69) is 10.6 Å². The number of carbonyl (C=O) groups is 1. The van der Waals surface area contributed by atoms with Crippen molar-refractivity contribution in [3.05, 3.63) is 64.2 Å². The van der Waals surface area contributed by atoms with Crippen LogP contribution < -0.4 is 10.6 Å². The maximum atomic E-state index is 12.4. The molecule has 0 fully saturated rings. The van der Waals surface area contributed by atoms with E-state index in [0.29, 0.717) is 10.6 Å². The highest BCUT2D eigenvalue weighted by molar-refractivity contribution is 6.30. The van der Waals surface area contributed by atoms with Crippen LogP contribution in [0.3, 0.4) is 0 Å². The molecule has 2 N–H and O–H groups in total. The summed E-state index contributed by atoms with van der Waals surface area (Å²) in [4.78, 5) is 12.4. The zero-order valence-electron chi connectivity index (χ0n) is 12.4. The van der Waals surface area contributed by atoms with E-state index >= 15 is 0 Å². The van der Waals surface area contributed by atoms with Gasteiger partial charge in [0.2, 0.25) is 0 Å². The van der Waals surface area contributed by atoms with Crippen molar-refractivity contribution in [2.45, 2.75) is 19.9 Å². The Balaban J connectivity index is 2.18. The lowest BCUT2D eigenvalue weighted by Crippen LogP contribution is -2.27. The minimum absolute atomic E-state index is 0.105. The van der Waals surface area contributed by atoms with Crippen LogP contribution in [0.4, 0.5) is 5.69 Å². The zero-order chi connectivity index (χ0) is 15.4. The molecule has 110 valence electrons. The van der Waals surface area contributed by atoms with Gasteiger partial charge in [-0.25, -0.2) is 0 Å². The van der Waals surface area contributed by atoms with Crippen LogP contribution in [0, 0.1) is 6.92 Å². The SMILES string of the molecule is CNc1cc(C)ccc1C(=O)NC(C)c1cccc(Cl)c1. The first kappa shape index (κ1) is 15.4. The number of nitrogens with one attached hydrogen (secondary N) is 2. The smallest absolute Gasteiger partial charge is 0.253 e. The molecule has 0 aliphatic heterocycles. The zero-order valence-corrected chi connectivity index (χ0v) is 13.2. The summed E-state index contributed by atoms with van der Waals surface area (Å²) in [5, 5.41) is 6.72. The lowest BCUT2D eigenvalue weighted by Gasteiger charge is -2.16. The van der Waals surface area contributed by atoms with E-state index in [-0.39, 0.29) is 11.9 Å². The van der Waals surface area contributed by atoms with Gasteiger partial charge >= 0.3 is 0 Å². The summed E-state index contributed by atoms with van der Waals surface area (Å²) in [5.74, 6) is -0.105. The van der Waals surface area contributed by atoms with E-state index < -0.39 is 0 Å². The number of amides is 1. The fraction of sp³-hybridized carbons (Fsp3) is 0.235. The maximum absolute atomic E-state index is 12.4. The van der Waals surface area contributed by atoms with E-state index in [1.165, 1.54) is 0 Å². The van der Waals surface area contributed by atoms with Gasteiger partial charge in [-0.3, -0.25) is 4.79 Å². The molecule has 0 spiro atoms. The van der Waals surface area contributed by atoms with Gasteiger partial charge in [-0.2, -0.15) is 0 Å². The van der Waals surface area contributed by atoms with Crippen molar-refractivity contribution in [3.8, 4) is 0 Å². The summed E-state index contributed by atoms with van der Waals surface area (Å²) in [6, 6.07) is 13.1. The number of aryl methyl sites for hydroxylation is 1. The van der Waals surface area contributed by atoms with Crippen molar-refractivity contribution < 1.29 is 4.79 Å². The standard InChI is InChI=1S/C17H19ClN2O/c1-11-7-8-15(16(9-11)19-3)17(21)20-12(2)13-5-4-6-14(18)10-13/h4-10,12,19H,1-3H3,(H,20,21). The average Bonchev–Trinajstić information content (AvgIpc) is 2.46. The Morgan fingerprint density at radius 1 is 1.19 bits per heavy atom. The third kappa shape index (κ3) is 3.76. The quantitative estimate of drug-likeness (QED) is 0.889. The number of carbonyl (C=O) groups excluding carboxylic acids is 1. The Labute approximate surface area is 130 Å². The van der Waals surface area contributed by atoms with E-state index in [9.17, 15) is 4.79 Å². The fourth-order valence-electron chi connectivity index (χ4n) is 2.20. The molecule has 0 aliphatic rings. The minimum Gasteiger partial charge on any atom is -0.387 e. The van der Waals surface area contributed by atoms with Crippen LogP contribution in [-0.2, 0) is 0 Å². The van der Waals surface area contributed by atoms with Crippen LogP contribution in [0.5, 0.6) is 0 Å². The molecule has 0 aliphatic carbocycles. The highest BCUT2D eigenvalue weighted by Gasteiger charge is 2.14. The van der Waals surface area contributed by atoms with Gasteiger partial charge in [0.1, 0.15) is 0 Å². The predicted octanol–water partition coefficient (Wildman–Crippen LogP) is 4.18. The molecule has 1 unspecified atom stereocenters. The predicted molar refractivity (Wildman–Crippen MR) is 88.1 cm³/mol. The normalized spacial score (nSPS) is 11.8. The van der Waals surface area contributed by atoms with Crippen LogP contribution in [0.15, 0.2) is 42.5 Å². The van der Waals surface area contributed by atoms with Gasteiger partial charge in [0, 0.05) is 17.8 Å². The van der Waals surface area contributed by atoms with Gasteiger partial charge in [-0.15, -0.1) is 0 Å². The van der Waals surface area contributed by atoms with Gasteiger partial charge < -0.3 is 10.6 Å². The van der Waals surface area contributed by atoms with Crippen LogP contribution in [0.25, 0.3) is 0 Å². The van der Waals surface area contributed by atoms with Crippen molar-refractivity contribution in [3.63, 3.8) is 0 Å². The lowest BCUT2D eigenvalue weighted by molar-refractivity contribution is 0.0940. The van der Waals surface area contributed by atoms with Crippen molar-refractivity contribution in [1.29, 1.82) is 0 Å². The molecule has 1 atom stereocenters.